The number of nitrogens with one attached hydrogen (secondary N) is 1. The Kier molecular flexibility index (Phi) is 7.03. The number of hydrogen-bond acceptors (Lipinski definition) is 2. The summed E-state index contributed by atoms with van der Waals surface area (Å²) < 4.78 is 0. The second-order valence-corrected chi connectivity index (χ2v) is 6.68. The summed E-state index contributed by atoms with van der Waals surface area (Å²) in [6.45, 7) is 7.40. The molecule has 1 aliphatic heterocycles. The van der Waals surface area contributed by atoms with Gasteiger partial charge in [-0.1, -0.05) is 49.9 Å². The highest BCUT2D eigenvalue weighted by atomic mass is 35.5. The molecule has 4 nitrogen and oxygen atoms in total. The van der Waals surface area contributed by atoms with Gasteiger partial charge in [-0.05, 0) is 25.5 Å². The Morgan fingerprint density at radius 2 is 1.91 bits per heavy atom. The van der Waals surface area contributed by atoms with Crippen LogP contribution in [0.5, 0.6) is 0 Å². The molecule has 1 fully saturated rings. The molecule has 5 heteroatoms. The highest BCUT2D eigenvalue weighted by molar-refractivity contribution is 6.33. The number of urea groups is 1. The van der Waals surface area contributed by atoms with Crippen LogP contribution in [0.4, 0.5) is 10.5 Å². The van der Waals surface area contributed by atoms with E-state index in [1.165, 1.54) is 19.3 Å². The first-order valence-electron chi connectivity index (χ1n) is 8.66. The van der Waals surface area contributed by atoms with Gasteiger partial charge in [0.1, 0.15) is 0 Å². The zero-order valence-corrected chi connectivity index (χ0v) is 15.0. The van der Waals surface area contributed by atoms with Crippen LogP contribution in [0.1, 0.15) is 39.5 Å². The SMILES string of the molecule is CCCCCC(C)NC(=O)N1CCN(c2ccccc2Cl)CC1. The van der Waals surface area contributed by atoms with E-state index in [0.717, 1.165) is 43.3 Å². The standard InChI is InChI=1S/C18H28ClN3O/c1-3-4-5-8-15(2)20-18(23)22-13-11-21(12-14-22)17-10-7-6-9-16(17)19/h6-7,9-10,15H,3-5,8,11-14H2,1-2H3,(H,20,23). The summed E-state index contributed by atoms with van der Waals surface area (Å²) in [6.07, 6.45) is 4.68. The molecule has 1 N–H and O–H groups in total. The third-order valence-corrected chi connectivity index (χ3v) is 4.69. The van der Waals surface area contributed by atoms with Crippen molar-refractivity contribution in [3.8, 4) is 0 Å². The van der Waals surface area contributed by atoms with Crippen molar-refractivity contribution in [3.63, 3.8) is 0 Å². The van der Waals surface area contributed by atoms with Gasteiger partial charge in [-0.25, -0.2) is 4.79 Å². The van der Waals surface area contributed by atoms with E-state index < -0.39 is 0 Å². The first-order chi connectivity index (χ1) is 11.1. The number of halogens is 1. The van der Waals surface area contributed by atoms with Crippen LogP contribution < -0.4 is 10.2 Å². The Hall–Kier alpha value is -1.42. The first kappa shape index (κ1) is 17.9. The molecule has 0 radical (unpaired) electrons. The number of benzene rings is 1. The Balaban J connectivity index is 1.77. The molecule has 1 aromatic carbocycles. The van der Waals surface area contributed by atoms with Crippen molar-refractivity contribution in [1.29, 1.82) is 0 Å². The highest BCUT2D eigenvalue weighted by Gasteiger charge is 2.22. The van der Waals surface area contributed by atoms with E-state index in [9.17, 15) is 4.79 Å². The third-order valence-electron chi connectivity index (χ3n) is 4.37. The summed E-state index contributed by atoms with van der Waals surface area (Å²) >= 11 is 6.25. The number of nitrogens with zero attached hydrogens (tertiary/aromatic N) is 2. The maximum atomic E-state index is 12.3. The van der Waals surface area contributed by atoms with Crippen LogP contribution in [0.2, 0.25) is 5.02 Å². The second-order valence-electron chi connectivity index (χ2n) is 6.27. The Labute approximate surface area is 144 Å². The summed E-state index contributed by atoms with van der Waals surface area (Å²) in [5, 5.41) is 3.89. The summed E-state index contributed by atoms with van der Waals surface area (Å²) in [6, 6.07) is 8.19. The lowest BCUT2D eigenvalue weighted by Crippen LogP contribution is -2.53. The molecule has 128 valence electrons. The van der Waals surface area contributed by atoms with E-state index in [4.69, 9.17) is 11.6 Å². The number of rotatable bonds is 6. The maximum Gasteiger partial charge on any atom is 0.317 e. The molecular weight excluding hydrogens is 310 g/mol. The van der Waals surface area contributed by atoms with Crippen LogP contribution in [0, 0.1) is 0 Å². The molecule has 1 atom stereocenters. The minimum atomic E-state index is 0.0628. The number of piperazine rings is 1. The van der Waals surface area contributed by atoms with Crippen molar-refractivity contribution < 1.29 is 4.79 Å². The Morgan fingerprint density at radius 1 is 1.22 bits per heavy atom. The maximum absolute atomic E-state index is 12.3. The van der Waals surface area contributed by atoms with E-state index in [1.807, 2.05) is 29.2 Å². The zero-order chi connectivity index (χ0) is 16.7. The van der Waals surface area contributed by atoms with Gasteiger partial charge in [-0.3, -0.25) is 0 Å². The second kappa shape index (κ2) is 9.02. The van der Waals surface area contributed by atoms with Crippen LogP contribution >= 0.6 is 11.6 Å². The van der Waals surface area contributed by atoms with Gasteiger partial charge < -0.3 is 15.1 Å². The summed E-state index contributed by atoms with van der Waals surface area (Å²) in [7, 11) is 0. The van der Waals surface area contributed by atoms with E-state index in [1.54, 1.807) is 0 Å². The van der Waals surface area contributed by atoms with Crippen LogP contribution in [-0.4, -0.2) is 43.2 Å². The van der Waals surface area contributed by atoms with Gasteiger partial charge in [-0.2, -0.15) is 0 Å². The van der Waals surface area contributed by atoms with Crippen LogP contribution in [0.15, 0.2) is 24.3 Å². The minimum absolute atomic E-state index is 0.0628. The molecule has 2 amide bonds. The van der Waals surface area contributed by atoms with Crippen molar-refractivity contribution in [1.82, 2.24) is 10.2 Å². The zero-order valence-electron chi connectivity index (χ0n) is 14.2. The van der Waals surface area contributed by atoms with Crippen molar-refractivity contribution >= 4 is 23.3 Å². The molecule has 1 aliphatic rings. The number of amides is 2. The Bertz CT molecular complexity index is 501. The molecule has 2 rings (SSSR count). The average Bonchev–Trinajstić information content (AvgIpc) is 2.56. The largest absolute Gasteiger partial charge is 0.367 e. The molecule has 1 saturated heterocycles. The van der Waals surface area contributed by atoms with Crippen LogP contribution in [-0.2, 0) is 0 Å². The van der Waals surface area contributed by atoms with Gasteiger partial charge in [0.2, 0.25) is 0 Å². The molecule has 1 unspecified atom stereocenters. The van der Waals surface area contributed by atoms with Crippen LogP contribution in [0.3, 0.4) is 0 Å². The number of unbranched alkanes of at least 4 members (excludes halogenated alkanes) is 2. The smallest absolute Gasteiger partial charge is 0.317 e. The lowest BCUT2D eigenvalue weighted by atomic mass is 10.1. The van der Waals surface area contributed by atoms with Gasteiger partial charge in [0.05, 0.1) is 10.7 Å². The minimum Gasteiger partial charge on any atom is -0.367 e. The topological polar surface area (TPSA) is 35.6 Å². The lowest BCUT2D eigenvalue weighted by molar-refractivity contribution is 0.190. The first-order valence-corrected chi connectivity index (χ1v) is 9.04. The molecule has 23 heavy (non-hydrogen) atoms. The van der Waals surface area contributed by atoms with Gasteiger partial charge in [0.25, 0.3) is 0 Å². The molecule has 0 spiro atoms. The summed E-state index contributed by atoms with van der Waals surface area (Å²) in [4.78, 5) is 16.5. The number of carbonyl (C=O) groups excluding carboxylic acids is 1. The average molecular weight is 338 g/mol. The number of para-hydroxylation sites is 1. The summed E-state index contributed by atoms with van der Waals surface area (Å²) in [5.74, 6) is 0. The highest BCUT2D eigenvalue weighted by Crippen LogP contribution is 2.26. The quantitative estimate of drug-likeness (QED) is 0.792. The molecule has 0 aromatic heterocycles. The normalized spacial score (nSPS) is 16.3. The van der Waals surface area contributed by atoms with Gasteiger partial charge in [0, 0.05) is 32.2 Å². The molecule has 1 aromatic rings. The predicted octanol–water partition coefficient (Wildman–Crippen LogP) is 4.14. The van der Waals surface area contributed by atoms with Crippen molar-refractivity contribution in [2.75, 3.05) is 31.1 Å². The molecule has 1 heterocycles. The summed E-state index contributed by atoms with van der Waals surface area (Å²) in [5.41, 5.74) is 1.06. The number of hydrogen-bond donors (Lipinski definition) is 1. The van der Waals surface area contributed by atoms with Crippen molar-refractivity contribution in [2.45, 2.75) is 45.6 Å². The van der Waals surface area contributed by atoms with E-state index in [0.29, 0.717) is 0 Å². The monoisotopic (exact) mass is 337 g/mol. The van der Waals surface area contributed by atoms with Crippen molar-refractivity contribution in [3.05, 3.63) is 29.3 Å². The predicted molar refractivity (Wildman–Crippen MR) is 97.4 cm³/mol. The third kappa shape index (κ3) is 5.31. The molecule has 0 bridgehead atoms. The van der Waals surface area contributed by atoms with E-state index >= 15 is 0 Å². The lowest BCUT2D eigenvalue weighted by Gasteiger charge is -2.36. The fraction of sp³-hybridized carbons (Fsp3) is 0.611. The molecule has 0 saturated carbocycles. The van der Waals surface area contributed by atoms with E-state index in [-0.39, 0.29) is 12.1 Å². The fourth-order valence-corrected chi connectivity index (χ4v) is 3.19. The molecular formula is C18H28ClN3O. The fourth-order valence-electron chi connectivity index (χ4n) is 2.93. The van der Waals surface area contributed by atoms with Crippen molar-refractivity contribution in [2.24, 2.45) is 0 Å². The van der Waals surface area contributed by atoms with Gasteiger partial charge >= 0.3 is 6.03 Å². The Morgan fingerprint density at radius 3 is 2.57 bits per heavy atom. The number of carbonyl (C=O) groups is 1. The van der Waals surface area contributed by atoms with Gasteiger partial charge in [-0.15, -0.1) is 0 Å². The number of anilines is 1. The van der Waals surface area contributed by atoms with Crippen LogP contribution in [0.25, 0.3) is 0 Å². The molecule has 0 aliphatic carbocycles. The van der Waals surface area contributed by atoms with E-state index in [2.05, 4.69) is 24.1 Å². The van der Waals surface area contributed by atoms with Gasteiger partial charge in [0.15, 0.2) is 0 Å².